The van der Waals surface area contributed by atoms with Gasteiger partial charge in [0.15, 0.2) is 0 Å². The van der Waals surface area contributed by atoms with Gasteiger partial charge in [-0.05, 0) is 12.8 Å². The van der Waals surface area contributed by atoms with Gasteiger partial charge in [-0.3, -0.25) is 0 Å². The third-order valence-corrected chi connectivity index (χ3v) is 1.94. The number of hydrogen-bond donors (Lipinski definition) is 3. The quantitative estimate of drug-likeness (QED) is 0.497. The largest absolute Gasteiger partial charge is 0.390 e. The fraction of sp³-hybridized carbons (Fsp3) is 0.556. The molecule has 1 atom stereocenters. The lowest BCUT2D eigenvalue weighted by Gasteiger charge is -2.31. The first-order valence-electron chi connectivity index (χ1n) is 3.99. The van der Waals surface area contributed by atoms with Crippen molar-refractivity contribution < 1.29 is 5.11 Å². The maximum atomic E-state index is 9.49. The van der Waals surface area contributed by atoms with E-state index in [1.54, 1.807) is 12.2 Å². The number of aliphatic hydroxyl groups is 1. The SMILES string of the molecule is C=CCC(N)(CC=C)C(O)CN. The van der Waals surface area contributed by atoms with Crippen LogP contribution in [0.4, 0.5) is 0 Å². The van der Waals surface area contributed by atoms with Crippen molar-refractivity contribution in [3.63, 3.8) is 0 Å². The molecule has 3 nitrogen and oxygen atoms in total. The van der Waals surface area contributed by atoms with Crippen LogP contribution in [0.25, 0.3) is 0 Å². The molecule has 5 N–H and O–H groups in total. The summed E-state index contributed by atoms with van der Waals surface area (Å²) in [6.45, 7) is 7.32. The summed E-state index contributed by atoms with van der Waals surface area (Å²) in [6, 6.07) is 0. The molecule has 0 amide bonds. The van der Waals surface area contributed by atoms with Crippen molar-refractivity contribution in [2.24, 2.45) is 11.5 Å². The Labute approximate surface area is 73.8 Å². The Hall–Kier alpha value is -0.640. The molecule has 0 aliphatic carbocycles. The van der Waals surface area contributed by atoms with Gasteiger partial charge in [0, 0.05) is 12.1 Å². The van der Waals surface area contributed by atoms with Crippen LogP contribution in [0.5, 0.6) is 0 Å². The highest BCUT2D eigenvalue weighted by Crippen LogP contribution is 2.17. The van der Waals surface area contributed by atoms with E-state index in [2.05, 4.69) is 13.2 Å². The highest BCUT2D eigenvalue weighted by Gasteiger charge is 2.29. The molecule has 3 heteroatoms. The van der Waals surface area contributed by atoms with Crippen molar-refractivity contribution in [1.29, 1.82) is 0 Å². The first-order valence-corrected chi connectivity index (χ1v) is 3.99. The van der Waals surface area contributed by atoms with Gasteiger partial charge < -0.3 is 16.6 Å². The summed E-state index contributed by atoms with van der Waals surface area (Å²) in [4.78, 5) is 0. The molecule has 0 saturated carbocycles. The molecular weight excluding hydrogens is 152 g/mol. The summed E-state index contributed by atoms with van der Waals surface area (Å²) >= 11 is 0. The van der Waals surface area contributed by atoms with Crippen LogP contribution in [0, 0.1) is 0 Å². The minimum Gasteiger partial charge on any atom is -0.390 e. The van der Waals surface area contributed by atoms with Crippen molar-refractivity contribution in [2.75, 3.05) is 6.54 Å². The Bertz CT molecular complexity index is 147. The monoisotopic (exact) mass is 170 g/mol. The van der Waals surface area contributed by atoms with E-state index in [1.165, 1.54) is 0 Å². The first-order chi connectivity index (χ1) is 5.60. The summed E-state index contributed by atoms with van der Waals surface area (Å²) in [5, 5.41) is 9.49. The molecule has 0 aliphatic heterocycles. The van der Waals surface area contributed by atoms with Crippen molar-refractivity contribution in [1.82, 2.24) is 0 Å². The van der Waals surface area contributed by atoms with Crippen LogP contribution in [0.2, 0.25) is 0 Å². The second-order valence-corrected chi connectivity index (χ2v) is 2.97. The molecule has 70 valence electrons. The van der Waals surface area contributed by atoms with Crippen molar-refractivity contribution in [3.05, 3.63) is 25.3 Å². The van der Waals surface area contributed by atoms with Gasteiger partial charge in [0.1, 0.15) is 0 Å². The molecule has 0 radical (unpaired) electrons. The third kappa shape index (κ3) is 2.77. The lowest BCUT2D eigenvalue weighted by Crippen LogP contribution is -2.53. The van der Waals surface area contributed by atoms with E-state index in [0.717, 1.165) is 0 Å². The second-order valence-electron chi connectivity index (χ2n) is 2.97. The van der Waals surface area contributed by atoms with Gasteiger partial charge in [0.25, 0.3) is 0 Å². The van der Waals surface area contributed by atoms with Gasteiger partial charge in [0.2, 0.25) is 0 Å². The van der Waals surface area contributed by atoms with Crippen LogP contribution < -0.4 is 11.5 Å². The van der Waals surface area contributed by atoms with Crippen molar-refractivity contribution in [3.8, 4) is 0 Å². The first kappa shape index (κ1) is 11.4. The fourth-order valence-corrected chi connectivity index (χ4v) is 1.13. The minimum absolute atomic E-state index is 0.165. The van der Waals surface area contributed by atoms with E-state index in [1.807, 2.05) is 0 Å². The van der Waals surface area contributed by atoms with E-state index < -0.39 is 11.6 Å². The van der Waals surface area contributed by atoms with E-state index in [4.69, 9.17) is 11.5 Å². The molecule has 0 aromatic rings. The summed E-state index contributed by atoms with van der Waals surface area (Å²) in [5.74, 6) is 0. The van der Waals surface area contributed by atoms with Crippen molar-refractivity contribution >= 4 is 0 Å². The molecule has 0 bridgehead atoms. The molecule has 1 unspecified atom stereocenters. The zero-order chi connectivity index (χ0) is 9.61. The van der Waals surface area contributed by atoms with E-state index in [0.29, 0.717) is 12.8 Å². The van der Waals surface area contributed by atoms with Gasteiger partial charge in [0.05, 0.1) is 6.10 Å². The van der Waals surface area contributed by atoms with Crippen LogP contribution in [0.1, 0.15) is 12.8 Å². The predicted molar refractivity (Wildman–Crippen MR) is 51.6 cm³/mol. The Morgan fingerprint density at radius 2 is 1.75 bits per heavy atom. The van der Waals surface area contributed by atoms with E-state index >= 15 is 0 Å². The highest BCUT2D eigenvalue weighted by molar-refractivity contribution is 5.00. The van der Waals surface area contributed by atoms with E-state index in [9.17, 15) is 5.11 Å². The zero-order valence-electron chi connectivity index (χ0n) is 7.37. The van der Waals surface area contributed by atoms with Crippen LogP contribution in [0.3, 0.4) is 0 Å². The molecule has 0 saturated heterocycles. The topological polar surface area (TPSA) is 72.3 Å². The predicted octanol–water partition coefficient (Wildman–Crippen LogP) is 0.156. The van der Waals surface area contributed by atoms with E-state index in [-0.39, 0.29) is 6.54 Å². The molecule has 0 aromatic heterocycles. The van der Waals surface area contributed by atoms with Gasteiger partial charge in [-0.2, -0.15) is 0 Å². The van der Waals surface area contributed by atoms with Gasteiger partial charge >= 0.3 is 0 Å². The maximum absolute atomic E-state index is 9.49. The van der Waals surface area contributed by atoms with Gasteiger partial charge in [-0.1, -0.05) is 12.2 Å². The lowest BCUT2D eigenvalue weighted by molar-refractivity contribution is 0.0937. The number of rotatable bonds is 6. The van der Waals surface area contributed by atoms with Crippen LogP contribution in [-0.4, -0.2) is 23.3 Å². The molecule has 0 fully saturated rings. The fourth-order valence-electron chi connectivity index (χ4n) is 1.13. The third-order valence-electron chi connectivity index (χ3n) is 1.94. The Morgan fingerprint density at radius 3 is 2.00 bits per heavy atom. The Kier molecular flexibility index (Phi) is 4.81. The van der Waals surface area contributed by atoms with Gasteiger partial charge in [-0.15, -0.1) is 13.2 Å². The smallest absolute Gasteiger partial charge is 0.0847 e. The maximum Gasteiger partial charge on any atom is 0.0847 e. The molecule has 0 heterocycles. The van der Waals surface area contributed by atoms with Crippen LogP contribution >= 0.6 is 0 Å². The molecular formula is C9H18N2O. The average Bonchev–Trinajstić information content (AvgIpc) is 2.04. The summed E-state index contributed by atoms with van der Waals surface area (Å²) in [5.41, 5.74) is 10.5. The standard InChI is InChI=1S/C9H18N2O/c1-3-5-9(11,6-4-2)8(12)7-10/h3-4,8,12H,1-2,5-7,10-11H2. The molecule has 0 rings (SSSR count). The molecule has 0 aromatic carbocycles. The van der Waals surface area contributed by atoms with Crippen LogP contribution in [0.15, 0.2) is 25.3 Å². The highest BCUT2D eigenvalue weighted by atomic mass is 16.3. The van der Waals surface area contributed by atoms with Crippen molar-refractivity contribution in [2.45, 2.75) is 24.5 Å². The average molecular weight is 170 g/mol. The minimum atomic E-state index is -0.700. The summed E-state index contributed by atoms with van der Waals surface area (Å²) in [7, 11) is 0. The molecule has 12 heavy (non-hydrogen) atoms. The normalized spacial score (nSPS) is 13.9. The second kappa shape index (κ2) is 5.09. The molecule has 0 spiro atoms. The number of nitrogens with two attached hydrogens (primary N) is 2. The van der Waals surface area contributed by atoms with Gasteiger partial charge in [-0.25, -0.2) is 0 Å². The number of aliphatic hydroxyl groups excluding tert-OH is 1. The Morgan fingerprint density at radius 1 is 1.33 bits per heavy atom. The summed E-state index contributed by atoms with van der Waals surface area (Å²) in [6.07, 6.45) is 3.74. The lowest BCUT2D eigenvalue weighted by atomic mass is 9.86. The number of hydrogen-bond acceptors (Lipinski definition) is 3. The van der Waals surface area contributed by atoms with Crippen LogP contribution in [-0.2, 0) is 0 Å². The molecule has 0 aliphatic rings. The Balaban J connectivity index is 4.34. The summed E-state index contributed by atoms with van der Waals surface area (Å²) < 4.78 is 0. The zero-order valence-corrected chi connectivity index (χ0v) is 7.37.